The topological polar surface area (TPSA) is 76.9 Å². The largest absolute Gasteiger partial charge is 0.497 e. The molecule has 0 N–H and O–H groups in total. The number of imide groups is 1. The monoisotopic (exact) mass is 416 g/mol. The Kier molecular flexibility index (Phi) is 5.74. The minimum absolute atomic E-state index is 0.328. The van der Waals surface area contributed by atoms with E-state index in [0.29, 0.717) is 46.9 Å². The number of rotatable bonds is 5. The first-order valence-corrected chi connectivity index (χ1v) is 10.3. The summed E-state index contributed by atoms with van der Waals surface area (Å²) in [5, 5.41) is 9.06. The summed E-state index contributed by atoms with van der Waals surface area (Å²) in [4.78, 5) is 32.6. The molecule has 1 fully saturated rings. The molecule has 0 spiro atoms. The van der Waals surface area contributed by atoms with Crippen LogP contribution in [0.4, 0.5) is 5.69 Å². The van der Waals surface area contributed by atoms with Gasteiger partial charge in [0.2, 0.25) is 0 Å². The van der Waals surface area contributed by atoms with Crippen LogP contribution >= 0.6 is 0 Å². The maximum Gasteiger partial charge on any atom is 0.282 e. The predicted molar refractivity (Wildman–Crippen MR) is 117 cm³/mol. The molecule has 2 aliphatic heterocycles. The number of nitrogens with zero attached hydrogens (tertiary/aromatic N) is 4. The Hall–Kier alpha value is -3.63. The lowest BCUT2D eigenvalue weighted by atomic mass is 10.0. The molecule has 31 heavy (non-hydrogen) atoms. The maximum absolute atomic E-state index is 13.5. The summed E-state index contributed by atoms with van der Waals surface area (Å²) < 4.78 is 5.24. The van der Waals surface area contributed by atoms with Gasteiger partial charge in [-0.1, -0.05) is 19.1 Å². The van der Waals surface area contributed by atoms with Crippen LogP contribution in [-0.2, 0) is 9.59 Å². The summed E-state index contributed by atoms with van der Waals surface area (Å²) in [6.45, 7) is 6.13. The zero-order chi connectivity index (χ0) is 22.0. The van der Waals surface area contributed by atoms with Crippen molar-refractivity contribution in [3.8, 4) is 11.8 Å². The lowest BCUT2D eigenvalue weighted by Gasteiger charge is -2.36. The smallest absolute Gasteiger partial charge is 0.282 e. The maximum atomic E-state index is 13.5. The zero-order valence-electron chi connectivity index (χ0n) is 17.7. The molecule has 4 rings (SSSR count). The highest BCUT2D eigenvalue weighted by Crippen LogP contribution is 2.35. The highest BCUT2D eigenvalue weighted by atomic mass is 16.5. The first kappa shape index (κ1) is 20.6. The van der Waals surface area contributed by atoms with Crippen LogP contribution in [0.25, 0.3) is 5.57 Å². The Morgan fingerprint density at radius 1 is 0.935 bits per heavy atom. The molecule has 7 heteroatoms. The van der Waals surface area contributed by atoms with Gasteiger partial charge in [0, 0.05) is 26.2 Å². The number of hydrogen-bond donors (Lipinski definition) is 0. The molecule has 7 nitrogen and oxygen atoms in total. The van der Waals surface area contributed by atoms with Crippen molar-refractivity contribution in [1.82, 2.24) is 9.80 Å². The number of amides is 2. The highest BCUT2D eigenvalue weighted by Gasteiger charge is 2.43. The number of anilines is 1. The number of carbonyl (C=O) groups excluding carboxylic acids is 2. The molecule has 0 bridgehead atoms. The van der Waals surface area contributed by atoms with E-state index in [-0.39, 0.29) is 11.8 Å². The quantitative estimate of drug-likeness (QED) is 0.697. The van der Waals surface area contributed by atoms with E-state index in [2.05, 4.69) is 17.9 Å². The van der Waals surface area contributed by atoms with Crippen LogP contribution in [0.2, 0.25) is 0 Å². The van der Waals surface area contributed by atoms with Crippen LogP contribution in [0.5, 0.6) is 5.75 Å². The van der Waals surface area contributed by atoms with E-state index in [1.54, 1.807) is 43.5 Å². The van der Waals surface area contributed by atoms with Gasteiger partial charge in [0.05, 0.1) is 30.0 Å². The first-order valence-electron chi connectivity index (χ1n) is 10.3. The summed E-state index contributed by atoms with van der Waals surface area (Å²) in [7, 11) is 1.59. The second-order valence-electron chi connectivity index (χ2n) is 7.48. The van der Waals surface area contributed by atoms with Crippen molar-refractivity contribution in [2.45, 2.75) is 6.92 Å². The number of carbonyl (C=O) groups is 2. The number of methoxy groups -OCH3 is 1. The number of benzene rings is 2. The van der Waals surface area contributed by atoms with Gasteiger partial charge in [0.25, 0.3) is 11.8 Å². The number of ether oxygens (including phenoxy) is 1. The lowest BCUT2D eigenvalue weighted by molar-refractivity contribution is -0.120. The number of hydrogen-bond acceptors (Lipinski definition) is 6. The molecule has 1 saturated heterocycles. The third-order valence-corrected chi connectivity index (χ3v) is 5.83. The zero-order valence-corrected chi connectivity index (χ0v) is 17.7. The molecule has 0 unspecified atom stereocenters. The molecule has 0 radical (unpaired) electrons. The molecule has 2 aromatic carbocycles. The molecular weight excluding hydrogens is 392 g/mol. The molecule has 2 aromatic rings. The second-order valence-corrected chi connectivity index (χ2v) is 7.48. The molecule has 158 valence electrons. The van der Waals surface area contributed by atoms with Gasteiger partial charge in [-0.25, -0.2) is 4.90 Å². The summed E-state index contributed by atoms with van der Waals surface area (Å²) in [6, 6.07) is 15.8. The normalized spacial score (nSPS) is 17.3. The molecule has 0 aliphatic carbocycles. The van der Waals surface area contributed by atoms with Gasteiger partial charge in [0.1, 0.15) is 11.4 Å². The van der Waals surface area contributed by atoms with Crippen LogP contribution in [0.15, 0.2) is 54.2 Å². The van der Waals surface area contributed by atoms with E-state index < -0.39 is 0 Å². The molecule has 2 amide bonds. The van der Waals surface area contributed by atoms with Gasteiger partial charge in [-0.15, -0.1) is 0 Å². The molecule has 2 heterocycles. The van der Waals surface area contributed by atoms with Crippen LogP contribution in [-0.4, -0.2) is 61.4 Å². The van der Waals surface area contributed by atoms with Gasteiger partial charge in [0.15, 0.2) is 0 Å². The Morgan fingerprint density at radius 3 is 2.13 bits per heavy atom. The SMILES string of the molecule is CCN1CCN(C2=C(c3ccc(OC)cc3)C(=O)N(c3ccc(C#N)cc3)C2=O)CC1. The Balaban J connectivity index is 1.75. The van der Waals surface area contributed by atoms with E-state index >= 15 is 0 Å². The average Bonchev–Trinajstić information content (AvgIpc) is 3.09. The minimum Gasteiger partial charge on any atom is -0.497 e. The summed E-state index contributed by atoms with van der Waals surface area (Å²) in [6.07, 6.45) is 0. The van der Waals surface area contributed by atoms with E-state index in [1.807, 2.05) is 17.0 Å². The number of nitriles is 1. The summed E-state index contributed by atoms with van der Waals surface area (Å²) >= 11 is 0. The summed E-state index contributed by atoms with van der Waals surface area (Å²) in [5.41, 5.74) is 2.46. The number of piperazine rings is 1. The van der Waals surface area contributed by atoms with Crippen molar-refractivity contribution in [2.75, 3.05) is 44.7 Å². The fourth-order valence-electron chi connectivity index (χ4n) is 4.04. The highest BCUT2D eigenvalue weighted by molar-refractivity contribution is 6.45. The minimum atomic E-state index is -0.354. The van der Waals surface area contributed by atoms with Gasteiger partial charge < -0.3 is 14.5 Å². The van der Waals surface area contributed by atoms with E-state index in [1.165, 1.54) is 4.90 Å². The van der Waals surface area contributed by atoms with Crippen molar-refractivity contribution < 1.29 is 14.3 Å². The first-order chi connectivity index (χ1) is 15.1. The molecule has 2 aliphatic rings. The van der Waals surface area contributed by atoms with Gasteiger partial charge in [-0.05, 0) is 48.5 Å². The van der Waals surface area contributed by atoms with Crippen LogP contribution < -0.4 is 9.64 Å². The van der Waals surface area contributed by atoms with Crippen molar-refractivity contribution in [1.29, 1.82) is 5.26 Å². The molecular formula is C24H24N4O3. The Morgan fingerprint density at radius 2 is 1.58 bits per heavy atom. The van der Waals surface area contributed by atoms with Crippen molar-refractivity contribution >= 4 is 23.1 Å². The van der Waals surface area contributed by atoms with Gasteiger partial charge in [-0.2, -0.15) is 5.26 Å². The van der Waals surface area contributed by atoms with Crippen LogP contribution in [0, 0.1) is 11.3 Å². The number of likely N-dealkylation sites (N-methyl/N-ethyl adjacent to an activating group) is 1. The van der Waals surface area contributed by atoms with Crippen molar-refractivity contribution in [2.24, 2.45) is 0 Å². The lowest BCUT2D eigenvalue weighted by Crippen LogP contribution is -2.47. The van der Waals surface area contributed by atoms with Crippen LogP contribution in [0.3, 0.4) is 0 Å². The van der Waals surface area contributed by atoms with Crippen LogP contribution in [0.1, 0.15) is 18.1 Å². The van der Waals surface area contributed by atoms with Gasteiger partial charge in [-0.3, -0.25) is 9.59 Å². The predicted octanol–water partition coefficient (Wildman–Crippen LogP) is 2.49. The molecule has 0 atom stereocenters. The molecule has 0 saturated carbocycles. The fourth-order valence-corrected chi connectivity index (χ4v) is 4.04. The third-order valence-electron chi connectivity index (χ3n) is 5.83. The van der Waals surface area contributed by atoms with E-state index in [4.69, 9.17) is 10.00 Å². The van der Waals surface area contributed by atoms with Crippen molar-refractivity contribution in [3.05, 3.63) is 65.4 Å². The molecule has 0 aromatic heterocycles. The van der Waals surface area contributed by atoms with Crippen molar-refractivity contribution in [3.63, 3.8) is 0 Å². The van der Waals surface area contributed by atoms with E-state index in [0.717, 1.165) is 19.6 Å². The Labute approximate surface area is 181 Å². The fraction of sp³-hybridized carbons (Fsp3) is 0.292. The summed E-state index contributed by atoms with van der Waals surface area (Å²) in [5.74, 6) is 0.00134. The van der Waals surface area contributed by atoms with E-state index in [9.17, 15) is 9.59 Å². The van der Waals surface area contributed by atoms with Gasteiger partial charge >= 0.3 is 0 Å². The Bertz CT molecular complexity index is 1060. The third kappa shape index (κ3) is 3.78. The second kappa shape index (κ2) is 8.62. The standard InChI is InChI=1S/C24H24N4O3/c1-3-26-12-14-27(15-13-26)22-21(18-6-10-20(31-2)11-7-18)23(29)28(24(22)30)19-8-4-17(16-25)5-9-19/h4-11H,3,12-15H2,1-2H3. The average molecular weight is 416 g/mol.